The van der Waals surface area contributed by atoms with E-state index in [2.05, 4.69) is 10.6 Å². The molecule has 0 fully saturated rings. The molecule has 5 N–H and O–H groups in total. The van der Waals surface area contributed by atoms with Gasteiger partial charge in [-0.05, 0) is 72.9 Å². The largest absolute Gasteiger partial charge is 0.508 e. The van der Waals surface area contributed by atoms with Crippen LogP contribution in [0.2, 0.25) is 5.02 Å². The van der Waals surface area contributed by atoms with Crippen LogP contribution in [0.3, 0.4) is 0 Å². The first-order valence-electron chi connectivity index (χ1n) is 12.3. The second-order valence-corrected chi connectivity index (χ2v) is 10.5. The van der Waals surface area contributed by atoms with Crippen molar-refractivity contribution >= 4 is 17.5 Å². The van der Waals surface area contributed by atoms with Crippen LogP contribution in [0.5, 0.6) is 5.75 Å². The van der Waals surface area contributed by atoms with Crippen LogP contribution in [0.25, 0.3) is 0 Å². The van der Waals surface area contributed by atoms with Crippen molar-refractivity contribution in [2.24, 2.45) is 0 Å². The van der Waals surface area contributed by atoms with Gasteiger partial charge in [-0.25, -0.2) is 0 Å². The molecule has 0 aromatic heterocycles. The number of benzene rings is 3. The number of carbonyl (C=O) groups is 1. The minimum atomic E-state index is -4.50. The topological polar surface area (TPSA) is 102 Å². The molecule has 0 spiro atoms. The van der Waals surface area contributed by atoms with Crippen molar-refractivity contribution in [2.75, 3.05) is 6.54 Å². The Hall–Kier alpha value is -3.11. The molecule has 0 heterocycles. The first kappa shape index (κ1) is 30.4. The van der Waals surface area contributed by atoms with Crippen molar-refractivity contribution in [3.8, 4) is 5.75 Å². The van der Waals surface area contributed by atoms with Crippen molar-refractivity contribution in [3.05, 3.63) is 99.1 Å². The zero-order valence-corrected chi connectivity index (χ0v) is 22.4. The molecule has 3 aromatic rings. The third-order valence-corrected chi connectivity index (χ3v) is 6.65. The van der Waals surface area contributed by atoms with Gasteiger partial charge >= 0.3 is 6.18 Å². The van der Waals surface area contributed by atoms with Gasteiger partial charge in [0.1, 0.15) is 5.75 Å². The molecule has 0 radical (unpaired) electrons. The van der Waals surface area contributed by atoms with Crippen LogP contribution in [0.15, 0.2) is 60.7 Å². The Labute approximate surface area is 230 Å². The van der Waals surface area contributed by atoms with Gasteiger partial charge in [0.05, 0.1) is 24.7 Å². The number of halogens is 4. The predicted molar refractivity (Wildman–Crippen MR) is 143 cm³/mol. The van der Waals surface area contributed by atoms with Gasteiger partial charge in [0.2, 0.25) is 5.91 Å². The first-order chi connectivity index (χ1) is 18.3. The highest BCUT2D eigenvalue weighted by atomic mass is 35.5. The summed E-state index contributed by atoms with van der Waals surface area (Å²) in [5, 5.41) is 35.7. The number of aliphatic hydroxyl groups excluding tert-OH is 2. The van der Waals surface area contributed by atoms with E-state index < -0.39 is 23.4 Å². The molecular formula is C29H32ClF3N2O4. The van der Waals surface area contributed by atoms with Gasteiger partial charge in [-0.15, -0.1) is 0 Å². The normalized spacial score (nSPS) is 12.8. The number of β-amino-alcohol motifs (C(OH)–C–C–N with tert-alkyl or cyclic N) is 1. The average molecular weight is 565 g/mol. The molecule has 210 valence electrons. The SMILES string of the molecule is CC(C)(Cc1cccc(CC(=O)NCc2cc(C(F)(F)F)ccc2Cl)c1)NC[C@H](O)c1ccc(O)c(CO)c1. The van der Waals surface area contributed by atoms with Crippen molar-refractivity contribution < 1.29 is 33.3 Å². The van der Waals surface area contributed by atoms with E-state index in [4.69, 9.17) is 11.6 Å². The molecule has 10 heteroatoms. The minimum absolute atomic E-state index is 0.0326. The quantitative estimate of drug-likeness (QED) is 0.224. The minimum Gasteiger partial charge on any atom is -0.508 e. The molecule has 0 unspecified atom stereocenters. The standard InChI is InChI=1S/C29H32ClF3N2O4/c1-28(2,35-16-26(38)20-6-9-25(37)22(12-20)17-36)14-19-5-3-4-18(10-19)11-27(39)34-15-21-13-23(29(31,32)33)7-8-24(21)30/h3-10,12-13,26,35-38H,11,14-17H2,1-2H3,(H,34,39)/t26-/m0/s1. The maximum absolute atomic E-state index is 13.0. The second-order valence-electron chi connectivity index (χ2n) is 10.1. The van der Waals surface area contributed by atoms with Gasteiger partial charge in [0.25, 0.3) is 0 Å². The molecule has 39 heavy (non-hydrogen) atoms. The van der Waals surface area contributed by atoms with E-state index in [0.717, 1.165) is 23.3 Å². The Kier molecular flexibility index (Phi) is 10.0. The summed E-state index contributed by atoms with van der Waals surface area (Å²) in [6.45, 7) is 3.74. The average Bonchev–Trinajstić information content (AvgIpc) is 2.86. The lowest BCUT2D eigenvalue weighted by Crippen LogP contribution is -2.43. The molecule has 0 bridgehead atoms. The molecule has 0 saturated heterocycles. The molecule has 0 aliphatic heterocycles. The highest BCUT2D eigenvalue weighted by Crippen LogP contribution is 2.31. The highest BCUT2D eigenvalue weighted by Gasteiger charge is 2.31. The molecule has 0 saturated carbocycles. The predicted octanol–water partition coefficient (Wildman–Crippen LogP) is 5.06. The maximum Gasteiger partial charge on any atom is 0.416 e. The Morgan fingerprint density at radius 3 is 2.41 bits per heavy atom. The van der Waals surface area contributed by atoms with E-state index in [0.29, 0.717) is 17.5 Å². The van der Waals surface area contributed by atoms with Crippen molar-refractivity contribution in [3.63, 3.8) is 0 Å². The third kappa shape index (κ3) is 8.96. The van der Waals surface area contributed by atoms with E-state index in [1.54, 1.807) is 18.2 Å². The Morgan fingerprint density at radius 1 is 1.00 bits per heavy atom. The van der Waals surface area contributed by atoms with Gasteiger partial charge in [0.15, 0.2) is 0 Å². The lowest BCUT2D eigenvalue weighted by molar-refractivity contribution is -0.137. The van der Waals surface area contributed by atoms with Crippen LogP contribution < -0.4 is 10.6 Å². The molecule has 1 atom stereocenters. The molecule has 6 nitrogen and oxygen atoms in total. The van der Waals surface area contributed by atoms with E-state index in [1.807, 2.05) is 32.0 Å². The third-order valence-electron chi connectivity index (χ3n) is 6.28. The fourth-order valence-electron chi connectivity index (χ4n) is 4.18. The number of amides is 1. The van der Waals surface area contributed by atoms with Crippen LogP contribution in [0.1, 0.15) is 53.3 Å². The molecule has 0 aliphatic carbocycles. The highest BCUT2D eigenvalue weighted by molar-refractivity contribution is 6.31. The van der Waals surface area contributed by atoms with Crippen LogP contribution in [-0.2, 0) is 37.0 Å². The number of rotatable bonds is 11. The summed E-state index contributed by atoms with van der Waals surface area (Å²) < 4.78 is 39.0. The number of nitrogens with one attached hydrogen (secondary N) is 2. The summed E-state index contributed by atoms with van der Waals surface area (Å²) >= 11 is 6.01. The van der Waals surface area contributed by atoms with Crippen LogP contribution >= 0.6 is 11.6 Å². The lowest BCUT2D eigenvalue weighted by Gasteiger charge is -2.28. The van der Waals surface area contributed by atoms with Gasteiger partial charge in [-0.1, -0.05) is 41.9 Å². The van der Waals surface area contributed by atoms with Gasteiger partial charge in [-0.3, -0.25) is 4.79 Å². The van der Waals surface area contributed by atoms with Crippen molar-refractivity contribution in [1.29, 1.82) is 0 Å². The number of hydrogen-bond acceptors (Lipinski definition) is 5. The summed E-state index contributed by atoms with van der Waals surface area (Å²) in [6.07, 6.45) is -4.72. The number of hydrogen-bond donors (Lipinski definition) is 5. The van der Waals surface area contributed by atoms with Crippen LogP contribution in [0.4, 0.5) is 13.2 Å². The molecule has 3 aromatic carbocycles. The fraction of sp³-hybridized carbons (Fsp3) is 0.345. The lowest BCUT2D eigenvalue weighted by atomic mass is 9.93. The molecule has 1 amide bonds. The van der Waals surface area contributed by atoms with Gasteiger partial charge in [-0.2, -0.15) is 13.2 Å². The summed E-state index contributed by atoms with van der Waals surface area (Å²) in [6, 6.07) is 15.0. The van der Waals surface area contributed by atoms with Crippen LogP contribution in [-0.4, -0.2) is 33.3 Å². The zero-order valence-electron chi connectivity index (χ0n) is 21.6. The van der Waals surface area contributed by atoms with Crippen molar-refractivity contribution in [2.45, 2.75) is 57.7 Å². The first-order valence-corrected chi connectivity index (χ1v) is 12.7. The summed E-state index contributed by atoms with van der Waals surface area (Å²) in [4.78, 5) is 12.5. The van der Waals surface area contributed by atoms with E-state index in [9.17, 15) is 33.3 Å². The second kappa shape index (κ2) is 12.8. The Bertz CT molecular complexity index is 1300. The van der Waals surface area contributed by atoms with Gasteiger partial charge < -0.3 is 26.0 Å². The zero-order chi connectivity index (χ0) is 28.8. The van der Waals surface area contributed by atoms with E-state index in [1.165, 1.54) is 12.1 Å². The molecule has 3 rings (SSSR count). The number of carbonyl (C=O) groups excluding carboxylic acids is 1. The van der Waals surface area contributed by atoms with Crippen LogP contribution in [0, 0.1) is 0 Å². The number of aliphatic hydroxyl groups is 2. The number of aromatic hydroxyl groups is 1. The Balaban J connectivity index is 1.55. The number of phenols is 1. The van der Waals surface area contributed by atoms with E-state index >= 15 is 0 Å². The number of alkyl halides is 3. The molecular weight excluding hydrogens is 533 g/mol. The summed E-state index contributed by atoms with van der Waals surface area (Å²) in [7, 11) is 0. The Morgan fingerprint density at radius 2 is 1.72 bits per heavy atom. The van der Waals surface area contributed by atoms with E-state index in [-0.39, 0.29) is 48.4 Å². The monoisotopic (exact) mass is 564 g/mol. The molecule has 0 aliphatic rings. The fourth-order valence-corrected chi connectivity index (χ4v) is 4.37. The summed E-state index contributed by atoms with van der Waals surface area (Å²) in [5.41, 5.74) is 1.55. The maximum atomic E-state index is 13.0. The van der Waals surface area contributed by atoms with Crippen molar-refractivity contribution in [1.82, 2.24) is 10.6 Å². The smallest absolute Gasteiger partial charge is 0.416 e. The summed E-state index contributed by atoms with van der Waals surface area (Å²) in [5.74, 6) is -0.382. The van der Waals surface area contributed by atoms with Gasteiger partial charge in [0, 0.05) is 29.2 Å².